The van der Waals surface area contributed by atoms with Crippen LogP contribution in [0.25, 0.3) is 11.4 Å². The second-order valence-electron chi connectivity index (χ2n) is 4.30. The quantitative estimate of drug-likeness (QED) is 0.910. The number of aryl methyl sites for hydroxylation is 2. The molecule has 2 aromatic heterocycles. The molecule has 0 spiro atoms. The number of hydrogen-bond donors (Lipinski definition) is 1. The molecule has 2 heterocycles. The first-order chi connectivity index (χ1) is 9.13. The Balaban J connectivity index is 2.52. The van der Waals surface area contributed by atoms with Crippen LogP contribution in [0.3, 0.4) is 0 Å². The maximum absolute atomic E-state index is 11.1. The van der Waals surface area contributed by atoms with Gasteiger partial charge in [0.15, 0.2) is 5.82 Å². The lowest BCUT2D eigenvalue weighted by Crippen LogP contribution is -2.07. The van der Waals surface area contributed by atoms with E-state index in [0.717, 1.165) is 17.5 Å². The molecule has 5 heteroatoms. The second kappa shape index (κ2) is 5.56. The molecule has 0 radical (unpaired) electrons. The van der Waals surface area contributed by atoms with E-state index in [1.54, 1.807) is 12.4 Å². The van der Waals surface area contributed by atoms with E-state index < -0.39 is 5.97 Å². The van der Waals surface area contributed by atoms with E-state index >= 15 is 0 Å². The van der Waals surface area contributed by atoms with Gasteiger partial charge in [0.2, 0.25) is 0 Å². The molecule has 0 saturated carbocycles. The highest BCUT2D eigenvalue weighted by Crippen LogP contribution is 2.19. The number of rotatable bonds is 4. The van der Waals surface area contributed by atoms with Gasteiger partial charge in [-0.1, -0.05) is 13.3 Å². The average molecular weight is 257 g/mol. The highest BCUT2D eigenvalue weighted by molar-refractivity contribution is 5.88. The second-order valence-corrected chi connectivity index (χ2v) is 4.30. The normalized spacial score (nSPS) is 10.4. The number of carbonyl (C=O) groups is 1. The molecule has 2 rings (SSSR count). The van der Waals surface area contributed by atoms with Gasteiger partial charge >= 0.3 is 5.97 Å². The molecule has 0 amide bonds. The van der Waals surface area contributed by atoms with E-state index in [2.05, 4.69) is 15.0 Å². The van der Waals surface area contributed by atoms with E-state index in [0.29, 0.717) is 17.9 Å². The van der Waals surface area contributed by atoms with Crippen LogP contribution in [0.5, 0.6) is 0 Å². The standard InChI is InChI=1S/C14H15N3O2/c1-3-4-12-11(14(18)19)8-16-13(17-12)10-7-15-6-5-9(10)2/h5-8H,3-4H2,1-2H3,(H,18,19). The molecule has 0 aliphatic heterocycles. The van der Waals surface area contributed by atoms with Crippen LogP contribution in [0.2, 0.25) is 0 Å². The molecule has 0 bridgehead atoms. The van der Waals surface area contributed by atoms with Crippen molar-refractivity contribution in [2.24, 2.45) is 0 Å². The summed E-state index contributed by atoms with van der Waals surface area (Å²) in [7, 11) is 0. The summed E-state index contributed by atoms with van der Waals surface area (Å²) in [5, 5.41) is 9.12. The monoisotopic (exact) mass is 257 g/mol. The largest absolute Gasteiger partial charge is 0.478 e. The van der Waals surface area contributed by atoms with Crippen LogP contribution in [0.1, 0.15) is 35.0 Å². The van der Waals surface area contributed by atoms with Crippen LogP contribution in [-0.2, 0) is 6.42 Å². The van der Waals surface area contributed by atoms with E-state index in [9.17, 15) is 4.79 Å². The van der Waals surface area contributed by atoms with Crippen LogP contribution in [0.4, 0.5) is 0 Å². The van der Waals surface area contributed by atoms with Gasteiger partial charge in [0.05, 0.1) is 11.3 Å². The summed E-state index contributed by atoms with van der Waals surface area (Å²) in [6.45, 7) is 3.94. The Hall–Kier alpha value is -2.30. The van der Waals surface area contributed by atoms with Crippen LogP contribution < -0.4 is 0 Å². The number of carboxylic acids is 1. The molecule has 98 valence electrons. The predicted octanol–water partition coefficient (Wildman–Crippen LogP) is 2.50. The summed E-state index contributed by atoms with van der Waals surface area (Å²) in [5.74, 6) is -0.461. The number of aromatic carboxylic acids is 1. The lowest BCUT2D eigenvalue weighted by atomic mass is 10.1. The van der Waals surface area contributed by atoms with Gasteiger partial charge in [-0.05, 0) is 25.0 Å². The van der Waals surface area contributed by atoms with E-state index in [1.807, 2.05) is 19.9 Å². The first-order valence-electron chi connectivity index (χ1n) is 6.13. The zero-order valence-electron chi connectivity index (χ0n) is 10.9. The Morgan fingerprint density at radius 2 is 2.16 bits per heavy atom. The van der Waals surface area contributed by atoms with Crippen LogP contribution in [0.15, 0.2) is 24.7 Å². The molecule has 2 aromatic rings. The lowest BCUT2D eigenvalue weighted by Gasteiger charge is -2.08. The fourth-order valence-electron chi connectivity index (χ4n) is 1.85. The summed E-state index contributed by atoms with van der Waals surface area (Å²) in [6.07, 6.45) is 6.24. The van der Waals surface area contributed by atoms with Crippen LogP contribution in [0, 0.1) is 6.92 Å². The molecule has 0 saturated heterocycles. The van der Waals surface area contributed by atoms with Gasteiger partial charge in [0.25, 0.3) is 0 Å². The summed E-state index contributed by atoms with van der Waals surface area (Å²) in [5.41, 5.74) is 2.59. The van der Waals surface area contributed by atoms with Gasteiger partial charge in [-0.3, -0.25) is 4.98 Å². The van der Waals surface area contributed by atoms with Gasteiger partial charge in [-0.15, -0.1) is 0 Å². The average Bonchev–Trinajstić information content (AvgIpc) is 2.39. The number of aromatic nitrogens is 3. The SMILES string of the molecule is CCCc1nc(-c2cnccc2C)ncc1C(=O)O. The van der Waals surface area contributed by atoms with Crippen molar-refractivity contribution >= 4 is 5.97 Å². The lowest BCUT2D eigenvalue weighted by molar-refractivity contribution is 0.0694. The Bertz CT molecular complexity index is 611. The molecule has 19 heavy (non-hydrogen) atoms. The molecule has 5 nitrogen and oxygen atoms in total. The minimum atomic E-state index is -0.988. The third-order valence-electron chi connectivity index (χ3n) is 2.86. The number of pyridine rings is 1. The number of nitrogens with zero attached hydrogens (tertiary/aromatic N) is 3. The molecule has 1 N–H and O–H groups in total. The van der Waals surface area contributed by atoms with Crippen molar-refractivity contribution in [3.05, 3.63) is 41.5 Å². The summed E-state index contributed by atoms with van der Waals surface area (Å²) in [4.78, 5) is 23.7. The summed E-state index contributed by atoms with van der Waals surface area (Å²) >= 11 is 0. The highest BCUT2D eigenvalue weighted by Gasteiger charge is 2.14. The minimum absolute atomic E-state index is 0.173. The van der Waals surface area contributed by atoms with Gasteiger partial charge in [-0.2, -0.15) is 0 Å². The Kier molecular flexibility index (Phi) is 3.85. The van der Waals surface area contributed by atoms with Crippen molar-refractivity contribution in [2.75, 3.05) is 0 Å². The maximum Gasteiger partial charge on any atom is 0.339 e. The fraction of sp³-hybridized carbons (Fsp3) is 0.286. The van der Waals surface area contributed by atoms with Gasteiger partial charge in [-0.25, -0.2) is 14.8 Å². The van der Waals surface area contributed by atoms with Crippen LogP contribution in [-0.4, -0.2) is 26.0 Å². The Morgan fingerprint density at radius 3 is 2.79 bits per heavy atom. The van der Waals surface area contributed by atoms with Gasteiger partial charge in [0, 0.05) is 24.2 Å². The topological polar surface area (TPSA) is 76.0 Å². The fourth-order valence-corrected chi connectivity index (χ4v) is 1.85. The van der Waals surface area contributed by atoms with Crippen molar-refractivity contribution < 1.29 is 9.90 Å². The smallest absolute Gasteiger partial charge is 0.339 e. The van der Waals surface area contributed by atoms with Crippen molar-refractivity contribution in [1.29, 1.82) is 0 Å². The number of hydrogen-bond acceptors (Lipinski definition) is 4. The molecular weight excluding hydrogens is 242 g/mol. The van der Waals surface area contributed by atoms with Gasteiger partial charge in [0.1, 0.15) is 0 Å². The minimum Gasteiger partial charge on any atom is -0.478 e. The molecular formula is C14H15N3O2. The zero-order valence-corrected chi connectivity index (χ0v) is 10.9. The molecule has 0 atom stereocenters. The van der Waals surface area contributed by atoms with Crippen LogP contribution >= 0.6 is 0 Å². The van der Waals surface area contributed by atoms with Crippen molar-refractivity contribution in [3.8, 4) is 11.4 Å². The number of carboxylic acid groups (broad SMARTS) is 1. The molecule has 0 unspecified atom stereocenters. The third-order valence-corrected chi connectivity index (χ3v) is 2.86. The summed E-state index contributed by atoms with van der Waals surface area (Å²) < 4.78 is 0. The van der Waals surface area contributed by atoms with Gasteiger partial charge < -0.3 is 5.11 Å². The summed E-state index contributed by atoms with van der Waals surface area (Å²) in [6, 6.07) is 1.88. The van der Waals surface area contributed by atoms with Crippen molar-refractivity contribution in [2.45, 2.75) is 26.7 Å². The van der Waals surface area contributed by atoms with E-state index in [-0.39, 0.29) is 5.56 Å². The highest BCUT2D eigenvalue weighted by atomic mass is 16.4. The molecule has 0 aliphatic rings. The van der Waals surface area contributed by atoms with E-state index in [1.165, 1.54) is 6.20 Å². The Labute approximate surface area is 111 Å². The Morgan fingerprint density at radius 1 is 1.37 bits per heavy atom. The zero-order chi connectivity index (χ0) is 13.8. The first-order valence-corrected chi connectivity index (χ1v) is 6.13. The molecule has 0 aromatic carbocycles. The third kappa shape index (κ3) is 2.76. The van der Waals surface area contributed by atoms with Crippen molar-refractivity contribution in [1.82, 2.24) is 15.0 Å². The molecule has 0 aliphatic carbocycles. The van der Waals surface area contributed by atoms with E-state index in [4.69, 9.17) is 5.11 Å². The predicted molar refractivity (Wildman–Crippen MR) is 71.0 cm³/mol. The first kappa shape index (κ1) is 13.1. The maximum atomic E-state index is 11.1. The molecule has 0 fully saturated rings. The van der Waals surface area contributed by atoms with Crippen molar-refractivity contribution in [3.63, 3.8) is 0 Å².